The molecule has 7 aromatic rings. The molecule has 1 aromatic heterocycles. The molecule has 1 N–H and O–H groups in total. The summed E-state index contributed by atoms with van der Waals surface area (Å²) < 4.78 is 2.40. The van der Waals surface area contributed by atoms with E-state index in [1.54, 1.807) is 0 Å². The molecule has 2 heteroatoms. The Labute approximate surface area is 222 Å². The van der Waals surface area contributed by atoms with Gasteiger partial charge < -0.3 is 9.98 Å². The Morgan fingerprint density at radius 2 is 1.29 bits per heavy atom. The summed E-state index contributed by atoms with van der Waals surface area (Å²) in [7, 11) is 0. The normalized spacial score (nSPS) is 11.6. The summed E-state index contributed by atoms with van der Waals surface area (Å²) in [5.74, 6) is 0. The van der Waals surface area contributed by atoms with Crippen LogP contribution in [0.15, 0.2) is 121 Å². The summed E-state index contributed by atoms with van der Waals surface area (Å²) in [6, 6.07) is 43.6. The van der Waals surface area contributed by atoms with Gasteiger partial charge in [-0.05, 0) is 64.0 Å². The molecule has 0 aliphatic rings. The molecule has 0 radical (unpaired) electrons. The van der Waals surface area contributed by atoms with Crippen molar-refractivity contribution in [1.29, 1.82) is 5.41 Å². The van der Waals surface area contributed by atoms with Crippen LogP contribution >= 0.6 is 0 Å². The van der Waals surface area contributed by atoms with Gasteiger partial charge in [-0.25, -0.2) is 0 Å². The standard InChI is InChI=1S/C36H28N2/c1-2-9-34(37)33-23-27-12-4-3-11-26(27)22-32(33)25-16-19-28(20-17-25)38-35-15-8-7-14-30(35)31-21-18-24-10-5-6-13-29(24)36(31)38/h3-8,10-23,37H,2,9H2,1H3. The lowest BCUT2D eigenvalue weighted by Crippen LogP contribution is -2.02. The van der Waals surface area contributed by atoms with E-state index in [9.17, 15) is 0 Å². The first-order valence-corrected chi connectivity index (χ1v) is 13.4. The number of aromatic nitrogens is 1. The van der Waals surface area contributed by atoms with Crippen molar-refractivity contribution in [3.05, 3.63) is 127 Å². The van der Waals surface area contributed by atoms with Crippen molar-refractivity contribution in [1.82, 2.24) is 4.57 Å². The van der Waals surface area contributed by atoms with Gasteiger partial charge in [0.2, 0.25) is 0 Å². The molecular weight excluding hydrogens is 460 g/mol. The smallest absolute Gasteiger partial charge is 0.0619 e. The quantitative estimate of drug-likeness (QED) is 0.234. The van der Waals surface area contributed by atoms with Crippen LogP contribution in [0.2, 0.25) is 0 Å². The highest BCUT2D eigenvalue weighted by Crippen LogP contribution is 2.37. The average molecular weight is 489 g/mol. The maximum atomic E-state index is 8.80. The van der Waals surface area contributed by atoms with Crippen LogP contribution in [0, 0.1) is 5.41 Å². The van der Waals surface area contributed by atoms with Gasteiger partial charge in [-0.1, -0.05) is 104 Å². The van der Waals surface area contributed by atoms with Gasteiger partial charge in [0.1, 0.15) is 0 Å². The molecule has 2 nitrogen and oxygen atoms in total. The van der Waals surface area contributed by atoms with Crippen LogP contribution in [0.25, 0.3) is 60.2 Å². The zero-order chi connectivity index (χ0) is 25.6. The maximum absolute atomic E-state index is 8.80. The molecule has 0 fully saturated rings. The highest BCUT2D eigenvalue weighted by molar-refractivity contribution is 6.18. The van der Waals surface area contributed by atoms with Crippen LogP contribution < -0.4 is 0 Å². The van der Waals surface area contributed by atoms with E-state index in [2.05, 4.69) is 133 Å². The van der Waals surface area contributed by atoms with Crippen molar-refractivity contribution in [3.63, 3.8) is 0 Å². The first kappa shape index (κ1) is 22.5. The van der Waals surface area contributed by atoms with E-state index in [1.165, 1.54) is 43.4 Å². The van der Waals surface area contributed by atoms with Crippen molar-refractivity contribution >= 4 is 49.1 Å². The molecule has 0 aliphatic carbocycles. The van der Waals surface area contributed by atoms with Gasteiger partial charge in [-0.2, -0.15) is 0 Å². The molecule has 0 saturated carbocycles. The van der Waals surface area contributed by atoms with Crippen molar-refractivity contribution in [3.8, 4) is 16.8 Å². The van der Waals surface area contributed by atoms with Gasteiger partial charge in [-0.3, -0.25) is 0 Å². The minimum atomic E-state index is 0.700. The third-order valence-corrected chi connectivity index (χ3v) is 7.71. The predicted octanol–water partition coefficient (Wildman–Crippen LogP) is 9.93. The number of hydrogen-bond donors (Lipinski definition) is 1. The Balaban J connectivity index is 1.44. The summed E-state index contributed by atoms with van der Waals surface area (Å²) in [4.78, 5) is 0. The van der Waals surface area contributed by atoms with E-state index in [1.807, 2.05) is 0 Å². The summed E-state index contributed by atoms with van der Waals surface area (Å²) >= 11 is 0. The van der Waals surface area contributed by atoms with E-state index >= 15 is 0 Å². The van der Waals surface area contributed by atoms with Gasteiger partial charge >= 0.3 is 0 Å². The van der Waals surface area contributed by atoms with E-state index < -0.39 is 0 Å². The molecule has 0 bridgehead atoms. The topological polar surface area (TPSA) is 28.8 Å². The molecule has 0 saturated heterocycles. The molecule has 0 unspecified atom stereocenters. The third kappa shape index (κ3) is 3.53. The number of hydrogen-bond acceptors (Lipinski definition) is 1. The van der Waals surface area contributed by atoms with Crippen LogP contribution in [-0.4, -0.2) is 10.3 Å². The van der Waals surface area contributed by atoms with Crippen LogP contribution in [0.3, 0.4) is 0 Å². The average Bonchev–Trinajstić information content (AvgIpc) is 3.32. The monoisotopic (exact) mass is 488 g/mol. The zero-order valence-electron chi connectivity index (χ0n) is 21.4. The molecular formula is C36H28N2. The SMILES string of the molecule is CCCC(=N)c1cc2ccccc2cc1-c1ccc(-n2c3ccccc3c3ccc4ccccc4c32)cc1. The molecule has 38 heavy (non-hydrogen) atoms. The second-order valence-corrected chi connectivity index (χ2v) is 10.1. The fourth-order valence-corrected chi connectivity index (χ4v) is 5.90. The fraction of sp³-hybridized carbons (Fsp3) is 0.0833. The van der Waals surface area contributed by atoms with Crippen molar-refractivity contribution in [2.75, 3.05) is 0 Å². The Bertz CT molecular complexity index is 1990. The lowest BCUT2D eigenvalue weighted by atomic mass is 9.91. The molecule has 0 spiro atoms. The number of rotatable bonds is 5. The van der Waals surface area contributed by atoms with Crippen molar-refractivity contribution in [2.24, 2.45) is 0 Å². The van der Waals surface area contributed by atoms with E-state index in [0.29, 0.717) is 5.71 Å². The molecule has 1 heterocycles. The molecule has 0 aliphatic heterocycles. The largest absolute Gasteiger partial charge is 0.309 e. The minimum absolute atomic E-state index is 0.700. The van der Waals surface area contributed by atoms with Crippen LogP contribution in [-0.2, 0) is 0 Å². The van der Waals surface area contributed by atoms with Crippen LogP contribution in [0.5, 0.6) is 0 Å². The number of benzene rings is 6. The summed E-state index contributed by atoms with van der Waals surface area (Å²) in [6.07, 6.45) is 1.74. The molecule has 0 amide bonds. The van der Waals surface area contributed by atoms with Gasteiger partial charge in [0.15, 0.2) is 0 Å². The van der Waals surface area contributed by atoms with E-state index in [-0.39, 0.29) is 0 Å². The number of fused-ring (bicyclic) bond motifs is 6. The second kappa shape index (κ2) is 9.00. The summed E-state index contributed by atoms with van der Waals surface area (Å²) in [5, 5.41) is 16.2. The third-order valence-electron chi connectivity index (χ3n) is 7.71. The van der Waals surface area contributed by atoms with E-state index in [0.717, 1.165) is 35.2 Å². The van der Waals surface area contributed by atoms with Gasteiger partial charge in [-0.15, -0.1) is 0 Å². The van der Waals surface area contributed by atoms with Gasteiger partial charge in [0.25, 0.3) is 0 Å². The van der Waals surface area contributed by atoms with Crippen molar-refractivity contribution < 1.29 is 0 Å². The Kier molecular flexibility index (Phi) is 5.33. The second-order valence-electron chi connectivity index (χ2n) is 10.1. The molecule has 6 aromatic carbocycles. The van der Waals surface area contributed by atoms with Gasteiger partial charge in [0, 0.05) is 33.1 Å². The molecule has 7 rings (SSSR count). The lowest BCUT2D eigenvalue weighted by Gasteiger charge is -2.15. The fourth-order valence-electron chi connectivity index (χ4n) is 5.90. The zero-order valence-corrected chi connectivity index (χ0v) is 21.4. The predicted molar refractivity (Wildman–Crippen MR) is 163 cm³/mol. The molecule has 182 valence electrons. The number of nitrogens with one attached hydrogen (secondary N) is 1. The summed E-state index contributed by atoms with van der Waals surface area (Å²) in [6.45, 7) is 2.14. The number of nitrogens with zero attached hydrogens (tertiary/aromatic N) is 1. The first-order valence-electron chi connectivity index (χ1n) is 13.4. The number of para-hydroxylation sites is 1. The first-order chi connectivity index (χ1) is 18.7. The maximum Gasteiger partial charge on any atom is 0.0619 e. The van der Waals surface area contributed by atoms with Crippen molar-refractivity contribution in [2.45, 2.75) is 19.8 Å². The Morgan fingerprint density at radius 1 is 0.632 bits per heavy atom. The van der Waals surface area contributed by atoms with E-state index in [4.69, 9.17) is 5.41 Å². The summed E-state index contributed by atoms with van der Waals surface area (Å²) in [5.41, 5.74) is 7.59. The van der Waals surface area contributed by atoms with Crippen LogP contribution in [0.4, 0.5) is 0 Å². The highest BCUT2D eigenvalue weighted by Gasteiger charge is 2.16. The van der Waals surface area contributed by atoms with Crippen LogP contribution in [0.1, 0.15) is 25.3 Å². The lowest BCUT2D eigenvalue weighted by molar-refractivity contribution is 0.987. The minimum Gasteiger partial charge on any atom is -0.309 e. The molecule has 0 atom stereocenters. The highest BCUT2D eigenvalue weighted by atomic mass is 15.0. The Morgan fingerprint density at radius 3 is 2.05 bits per heavy atom. The van der Waals surface area contributed by atoms with Gasteiger partial charge in [0.05, 0.1) is 11.0 Å². The Hall–Kier alpha value is -4.69.